The van der Waals surface area contributed by atoms with Crippen LogP contribution in [0.15, 0.2) is 24.3 Å². The molecule has 2 rings (SSSR count). The van der Waals surface area contributed by atoms with E-state index < -0.39 is 6.04 Å². The van der Waals surface area contributed by atoms with Crippen molar-refractivity contribution in [2.75, 3.05) is 6.54 Å². The average Bonchev–Trinajstić information content (AvgIpc) is 2.51. The smallest absolute Gasteiger partial charge is 0.279 e. The quantitative estimate of drug-likeness (QED) is 0.697. The summed E-state index contributed by atoms with van der Waals surface area (Å²) in [6.07, 6.45) is 1.60. The Bertz CT molecular complexity index is 516. The maximum atomic E-state index is 12.3. The molecule has 0 bridgehead atoms. The number of nitrogens with two attached hydrogens (primary N) is 1. The van der Waals surface area contributed by atoms with Gasteiger partial charge in [0.15, 0.2) is 6.04 Å². The summed E-state index contributed by atoms with van der Waals surface area (Å²) in [5.41, 5.74) is 2.51. The van der Waals surface area contributed by atoms with E-state index in [1.54, 1.807) is 6.92 Å². The van der Waals surface area contributed by atoms with Gasteiger partial charge in [0.25, 0.3) is 5.91 Å². The number of amides is 2. The van der Waals surface area contributed by atoms with E-state index in [0.717, 1.165) is 13.0 Å². The Labute approximate surface area is 125 Å². The largest absolute Gasteiger partial charge is 0.354 e. The first-order chi connectivity index (χ1) is 10.1. The van der Waals surface area contributed by atoms with Gasteiger partial charge in [-0.05, 0) is 18.9 Å². The second-order valence-corrected chi connectivity index (χ2v) is 5.54. The molecule has 114 valence electrons. The van der Waals surface area contributed by atoms with Gasteiger partial charge in [-0.15, -0.1) is 0 Å². The van der Waals surface area contributed by atoms with E-state index >= 15 is 0 Å². The second-order valence-electron chi connectivity index (χ2n) is 5.54. The molecule has 1 aliphatic heterocycles. The van der Waals surface area contributed by atoms with Gasteiger partial charge in [0, 0.05) is 18.5 Å². The number of carbonyl (C=O) groups is 2. The van der Waals surface area contributed by atoms with Crippen LogP contribution in [-0.4, -0.2) is 30.4 Å². The minimum absolute atomic E-state index is 0.0661. The first-order valence-corrected chi connectivity index (χ1v) is 7.60. The maximum Gasteiger partial charge on any atom is 0.279 e. The van der Waals surface area contributed by atoms with Crippen LogP contribution >= 0.6 is 0 Å². The van der Waals surface area contributed by atoms with Gasteiger partial charge in [-0.2, -0.15) is 0 Å². The maximum absolute atomic E-state index is 12.3. The Kier molecular flexibility index (Phi) is 5.33. The molecule has 5 nitrogen and oxygen atoms in total. The van der Waals surface area contributed by atoms with Crippen LogP contribution in [0.5, 0.6) is 0 Å². The van der Waals surface area contributed by atoms with Gasteiger partial charge >= 0.3 is 0 Å². The number of hydrogen-bond donors (Lipinski definition) is 3. The molecule has 1 heterocycles. The van der Waals surface area contributed by atoms with Crippen LogP contribution in [-0.2, 0) is 22.6 Å². The Hall–Kier alpha value is -1.88. The predicted molar refractivity (Wildman–Crippen MR) is 80.5 cm³/mol. The summed E-state index contributed by atoms with van der Waals surface area (Å²) in [5.74, 6) is -0.190. The fraction of sp³-hybridized carbons (Fsp3) is 0.500. The van der Waals surface area contributed by atoms with Crippen LogP contribution < -0.4 is 16.0 Å². The number of rotatable bonds is 5. The molecule has 2 atom stereocenters. The molecular weight excluding hydrogens is 266 g/mol. The SMILES string of the molecule is CCCNC(=O)[C@@H](C)NC(=O)[C@@H]1Cc2ccccc2C[NH2+]1. The minimum atomic E-state index is -0.491. The molecule has 0 aliphatic carbocycles. The van der Waals surface area contributed by atoms with Gasteiger partial charge in [-0.1, -0.05) is 31.2 Å². The molecule has 0 aromatic heterocycles. The van der Waals surface area contributed by atoms with Crippen LogP contribution in [0.25, 0.3) is 0 Å². The molecule has 5 heteroatoms. The highest BCUT2D eigenvalue weighted by atomic mass is 16.2. The fourth-order valence-electron chi connectivity index (χ4n) is 2.53. The van der Waals surface area contributed by atoms with Crippen LogP contribution in [0.1, 0.15) is 31.4 Å². The lowest BCUT2D eigenvalue weighted by molar-refractivity contribution is -0.695. The lowest BCUT2D eigenvalue weighted by Gasteiger charge is -2.23. The van der Waals surface area contributed by atoms with Gasteiger partial charge in [0.1, 0.15) is 12.6 Å². The molecular formula is C16H24N3O2+. The molecule has 1 aromatic rings. The summed E-state index contributed by atoms with van der Waals surface area (Å²) < 4.78 is 0. The molecule has 1 aliphatic rings. The zero-order valence-electron chi connectivity index (χ0n) is 12.7. The third kappa shape index (κ3) is 4.04. The Morgan fingerprint density at radius 1 is 1.33 bits per heavy atom. The van der Waals surface area contributed by atoms with E-state index in [1.807, 2.05) is 24.4 Å². The van der Waals surface area contributed by atoms with Crippen LogP contribution in [0, 0.1) is 0 Å². The van der Waals surface area contributed by atoms with E-state index in [2.05, 4.69) is 22.8 Å². The van der Waals surface area contributed by atoms with Crippen molar-refractivity contribution in [3.8, 4) is 0 Å². The number of benzene rings is 1. The highest BCUT2D eigenvalue weighted by molar-refractivity contribution is 5.89. The molecule has 0 unspecified atom stereocenters. The highest BCUT2D eigenvalue weighted by Crippen LogP contribution is 2.12. The fourth-order valence-corrected chi connectivity index (χ4v) is 2.53. The summed E-state index contributed by atoms with van der Waals surface area (Å²) in [5, 5.41) is 7.64. The summed E-state index contributed by atoms with van der Waals surface area (Å²) >= 11 is 0. The zero-order valence-corrected chi connectivity index (χ0v) is 12.7. The van der Waals surface area contributed by atoms with E-state index in [0.29, 0.717) is 13.0 Å². The monoisotopic (exact) mass is 290 g/mol. The molecule has 0 radical (unpaired) electrons. The minimum Gasteiger partial charge on any atom is -0.354 e. The molecule has 1 aromatic carbocycles. The van der Waals surface area contributed by atoms with Crippen molar-refractivity contribution in [2.24, 2.45) is 0 Å². The van der Waals surface area contributed by atoms with E-state index in [1.165, 1.54) is 11.1 Å². The number of fused-ring (bicyclic) bond motifs is 1. The van der Waals surface area contributed by atoms with Crippen molar-refractivity contribution >= 4 is 11.8 Å². The molecule has 4 N–H and O–H groups in total. The van der Waals surface area contributed by atoms with Crippen molar-refractivity contribution in [1.29, 1.82) is 0 Å². The van der Waals surface area contributed by atoms with Crippen molar-refractivity contribution in [3.05, 3.63) is 35.4 Å². The zero-order chi connectivity index (χ0) is 15.2. The number of carbonyl (C=O) groups excluding carboxylic acids is 2. The third-order valence-electron chi connectivity index (χ3n) is 3.82. The standard InChI is InChI=1S/C16H23N3O2/c1-3-8-17-15(20)11(2)19-16(21)14-9-12-6-4-5-7-13(12)10-18-14/h4-7,11,14,18H,3,8-10H2,1-2H3,(H,17,20)(H,19,21)/p+1/t11-,14+/m1/s1. The van der Waals surface area contributed by atoms with Crippen molar-refractivity contribution in [3.63, 3.8) is 0 Å². The van der Waals surface area contributed by atoms with Gasteiger partial charge in [0.2, 0.25) is 5.91 Å². The van der Waals surface area contributed by atoms with Gasteiger partial charge < -0.3 is 16.0 Å². The first-order valence-electron chi connectivity index (χ1n) is 7.60. The van der Waals surface area contributed by atoms with Gasteiger partial charge in [-0.3, -0.25) is 9.59 Å². The lowest BCUT2D eigenvalue weighted by Crippen LogP contribution is -2.93. The van der Waals surface area contributed by atoms with E-state index in [-0.39, 0.29) is 17.9 Å². The van der Waals surface area contributed by atoms with Gasteiger partial charge in [0.05, 0.1) is 0 Å². The normalized spacial score (nSPS) is 18.5. The molecule has 2 amide bonds. The number of nitrogens with one attached hydrogen (secondary N) is 2. The van der Waals surface area contributed by atoms with Crippen LogP contribution in [0.4, 0.5) is 0 Å². The molecule has 0 spiro atoms. The Morgan fingerprint density at radius 3 is 2.76 bits per heavy atom. The van der Waals surface area contributed by atoms with Crippen molar-refractivity contribution < 1.29 is 14.9 Å². The average molecular weight is 290 g/mol. The first kappa shape index (κ1) is 15.5. The Balaban J connectivity index is 1.88. The molecule has 0 saturated heterocycles. The summed E-state index contributed by atoms with van der Waals surface area (Å²) in [6.45, 7) is 5.17. The lowest BCUT2D eigenvalue weighted by atomic mass is 9.95. The second kappa shape index (κ2) is 7.22. The van der Waals surface area contributed by atoms with Gasteiger partial charge in [-0.25, -0.2) is 0 Å². The van der Waals surface area contributed by atoms with Crippen LogP contribution in [0.2, 0.25) is 0 Å². The van der Waals surface area contributed by atoms with Crippen molar-refractivity contribution in [1.82, 2.24) is 10.6 Å². The number of hydrogen-bond acceptors (Lipinski definition) is 2. The topological polar surface area (TPSA) is 74.8 Å². The Morgan fingerprint density at radius 2 is 2.05 bits per heavy atom. The van der Waals surface area contributed by atoms with Crippen LogP contribution in [0.3, 0.4) is 0 Å². The third-order valence-corrected chi connectivity index (χ3v) is 3.82. The van der Waals surface area contributed by atoms with E-state index in [9.17, 15) is 9.59 Å². The predicted octanol–water partition coefficient (Wildman–Crippen LogP) is -0.294. The molecule has 21 heavy (non-hydrogen) atoms. The summed E-state index contributed by atoms with van der Waals surface area (Å²) in [7, 11) is 0. The van der Waals surface area contributed by atoms with Crippen molar-refractivity contribution in [2.45, 2.75) is 45.3 Å². The molecule has 0 fully saturated rings. The summed E-state index contributed by atoms with van der Waals surface area (Å²) in [4.78, 5) is 24.1. The number of quaternary nitrogens is 1. The van der Waals surface area contributed by atoms with E-state index in [4.69, 9.17) is 0 Å². The molecule has 0 saturated carbocycles. The highest BCUT2D eigenvalue weighted by Gasteiger charge is 2.29. The summed E-state index contributed by atoms with van der Waals surface area (Å²) in [6, 6.07) is 7.55.